The van der Waals surface area contributed by atoms with Crippen molar-refractivity contribution in [1.82, 2.24) is 14.5 Å². The number of benzene rings is 1. The van der Waals surface area contributed by atoms with E-state index in [1.807, 2.05) is 10.6 Å². The Balaban J connectivity index is 1.99. The molecule has 0 unspecified atom stereocenters. The highest BCUT2D eigenvalue weighted by molar-refractivity contribution is 5.72. The molecule has 1 N–H and O–H groups in total. The molecule has 0 amide bonds. The van der Waals surface area contributed by atoms with Crippen molar-refractivity contribution in [1.29, 1.82) is 0 Å². The summed E-state index contributed by atoms with van der Waals surface area (Å²) in [5.74, 6) is -0.489. The van der Waals surface area contributed by atoms with Crippen LogP contribution in [0.3, 0.4) is 0 Å². The number of aliphatic carboxylic acids is 1. The maximum atomic E-state index is 13.0. The van der Waals surface area contributed by atoms with Gasteiger partial charge in [-0.2, -0.15) is 0 Å². The van der Waals surface area contributed by atoms with Gasteiger partial charge in [-0.1, -0.05) is 12.1 Å². The van der Waals surface area contributed by atoms with Crippen molar-refractivity contribution in [3.63, 3.8) is 0 Å². The SMILES string of the molecule is O=C(O)CCc1nc2cccnc2n1Cc1ccc(F)cc1. The first-order chi connectivity index (χ1) is 10.6. The Bertz CT molecular complexity index is 812. The van der Waals surface area contributed by atoms with Crippen LogP contribution in [0.25, 0.3) is 11.2 Å². The third-order valence-electron chi connectivity index (χ3n) is 3.40. The van der Waals surface area contributed by atoms with Crippen molar-refractivity contribution < 1.29 is 14.3 Å². The van der Waals surface area contributed by atoms with Crippen molar-refractivity contribution in [2.75, 3.05) is 0 Å². The van der Waals surface area contributed by atoms with Gasteiger partial charge in [-0.05, 0) is 29.8 Å². The van der Waals surface area contributed by atoms with Gasteiger partial charge in [0.15, 0.2) is 5.65 Å². The summed E-state index contributed by atoms with van der Waals surface area (Å²) in [7, 11) is 0. The van der Waals surface area contributed by atoms with Gasteiger partial charge in [-0.15, -0.1) is 0 Å². The van der Waals surface area contributed by atoms with Crippen LogP contribution in [0, 0.1) is 5.82 Å². The van der Waals surface area contributed by atoms with E-state index in [1.54, 1.807) is 24.4 Å². The summed E-state index contributed by atoms with van der Waals surface area (Å²) in [6, 6.07) is 9.83. The lowest BCUT2D eigenvalue weighted by atomic mass is 10.2. The minimum Gasteiger partial charge on any atom is -0.481 e. The fourth-order valence-corrected chi connectivity index (χ4v) is 2.35. The second-order valence-corrected chi connectivity index (χ2v) is 4.98. The average Bonchev–Trinajstić information content (AvgIpc) is 2.85. The Morgan fingerprint density at radius 1 is 1.23 bits per heavy atom. The van der Waals surface area contributed by atoms with E-state index in [2.05, 4.69) is 9.97 Å². The van der Waals surface area contributed by atoms with Crippen molar-refractivity contribution in [2.45, 2.75) is 19.4 Å². The summed E-state index contributed by atoms with van der Waals surface area (Å²) in [6.07, 6.45) is 2.01. The molecule has 0 atom stereocenters. The molecule has 0 aliphatic heterocycles. The molecule has 0 radical (unpaired) electrons. The maximum Gasteiger partial charge on any atom is 0.303 e. The largest absolute Gasteiger partial charge is 0.481 e. The van der Waals surface area contributed by atoms with E-state index in [4.69, 9.17) is 5.11 Å². The Morgan fingerprint density at radius 3 is 2.73 bits per heavy atom. The van der Waals surface area contributed by atoms with Crippen molar-refractivity contribution in [2.24, 2.45) is 0 Å². The molecule has 22 heavy (non-hydrogen) atoms. The summed E-state index contributed by atoms with van der Waals surface area (Å²) >= 11 is 0. The van der Waals surface area contributed by atoms with Gasteiger partial charge < -0.3 is 9.67 Å². The molecule has 2 heterocycles. The Hall–Kier alpha value is -2.76. The van der Waals surface area contributed by atoms with Crippen molar-refractivity contribution >= 4 is 17.1 Å². The fourth-order valence-electron chi connectivity index (χ4n) is 2.35. The highest BCUT2D eigenvalue weighted by Crippen LogP contribution is 2.17. The molecule has 3 rings (SSSR count). The van der Waals surface area contributed by atoms with Gasteiger partial charge in [0, 0.05) is 12.6 Å². The summed E-state index contributed by atoms with van der Waals surface area (Å²) in [6.45, 7) is 0.475. The van der Waals surface area contributed by atoms with Crippen molar-refractivity contribution in [3.8, 4) is 0 Å². The number of hydrogen-bond donors (Lipinski definition) is 1. The first-order valence-electron chi connectivity index (χ1n) is 6.90. The normalized spacial score (nSPS) is 11.0. The molecule has 5 nitrogen and oxygen atoms in total. The first-order valence-corrected chi connectivity index (χ1v) is 6.90. The number of halogens is 1. The molecule has 0 spiro atoms. The third kappa shape index (κ3) is 2.95. The topological polar surface area (TPSA) is 68.0 Å². The Morgan fingerprint density at radius 2 is 2.00 bits per heavy atom. The number of pyridine rings is 1. The molecule has 0 saturated carbocycles. The molecule has 112 valence electrons. The van der Waals surface area contributed by atoms with Crippen LogP contribution in [0.5, 0.6) is 0 Å². The van der Waals surface area contributed by atoms with E-state index in [1.165, 1.54) is 12.1 Å². The summed E-state index contributed by atoms with van der Waals surface area (Å²) in [4.78, 5) is 19.6. The molecule has 0 aliphatic carbocycles. The molecule has 2 aromatic heterocycles. The number of nitrogens with zero attached hydrogens (tertiary/aromatic N) is 3. The molecule has 3 aromatic rings. The minimum atomic E-state index is -0.867. The highest BCUT2D eigenvalue weighted by Gasteiger charge is 2.13. The van der Waals surface area contributed by atoms with E-state index in [-0.39, 0.29) is 12.2 Å². The quantitative estimate of drug-likeness (QED) is 0.786. The molecule has 0 bridgehead atoms. The fraction of sp³-hybridized carbons (Fsp3) is 0.188. The van der Waals surface area contributed by atoms with E-state index >= 15 is 0 Å². The molecule has 0 aliphatic rings. The van der Waals surface area contributed by atoms with Crippen LogP contribution in [-0.2, 0) is 17.8 Å². The maximum absolute atomic E-state index is 13.0. The zero-order chi connectivity index (χ0) is 15.5. The number of hydrogen-bond acceptors (Lipinski definition) is 3. The number of rotatable bonds is 5. The van der Waals surface area contributed by atoms with Crippen LogP contribution in [0.4, 0.5) is 4.39 Å². The van der Waals surface area contributed by atoms with Gasteiger partial charge in [0.2, 0.25) is 0 Å². The van der Waals surface area contributed by atoms with E-state index < -0.39 is 5.97 Å². The molecule has 0 saturated heterocycles. The molecule has 1 aromatic carbocycles. The van der Waals surface area contributed by atoms with Crippen LogP contribution in [0.2, 0.25) is 0 Å². The zero-order valence-electron chi connectivity index (χ0n) is 11.7. The summed E-state index contributed by atoms with van der Waals surface area (Å²) < 4.78 is 14.9. The number of carboxylic acids is 1. The van der Waals surface area contributed by atoms with Gasteiger partial charge in [0.1, 0.15) is 17.2 Å². The van der Waals surface area contributed by atoms with Crippen LogP contribution < -0.4 is 0 Å². The standard InChI is InChI=1S/C16H14FN3O2/c17-12-5-3-11(4-6-12)10-20-14(7-8-15(21)22)19-13-2-1-9-18-16(13)20/h1-6,9H,7-8,10H2,(H,21,22). The second kappa shape index (κ2) is 5.93. The smallest absolute Gasteiger partial charge is 0.303 e. The molecular formula is C16H14FN3O2. The Kier molecular flexibility index (Phi) is 3.82. The van der Waals surface area contributed by atoms with E-state index in [9.17, 15) is 9.18 Å². The summed E-state index contributed by atoms with van der Waals surface area (Å²) in [5.41, 5.74) is 2.33. The highest BCUT2D eigenvalue weighted by atomic mass is 19.1. The van der Waals surface area contributed by atoms with Gasteiger partial charge in [0.05, 0.1) is 13.0 Å². The molecular weight excluding hydrogens is 285 g/mol. The van der Waals surface area contributed by atoms with Crippen LogP contribution in [0.1, 0.15) is 17.8 Å². The lowest BCUT2D eigenvalue weighted by Gasteiger charge is -2.08. The van der Waals surface area contributed by atoms with Gasteiger partial charge in [-0.25, -0.2) is 14.4 Å². The minimum absolute atomic E-state index is 0.00669. The van der Waals surface area contributed by atoms with Crippen LogP contribution >= 0.6 is 0 Å². The van der Waals surface area contributed by atoms with E-state index in [0.29, 0.717) is 24.4 Å². The first kappa shape index (κ1) is 14.2. The van der Waals surface area contributed by atoms with Crippen LogP contribution in [0.15, 0.2) is 42.6 Å². The number of imidazole rings is 1. The Labute approximate surface area is 126 Å². The predicted octanol–water partition coefficient (Wildman–Crippen LogP) is 2.64. The zero-order valence-corrected chi connectivity index (χ0v) is 11.7. The summed E-state index contributed by atoms with van der Waals surface area (Å²) in [5, 5.41) is 8.87. The van der Waals surface area contributed by atoms with Gasteiger partial charge in [-0.3, -0.25) is 4.79 Å². The number of fused-ring (bicyclic) bond motifs is 1. The number of aromatic nitrogens is 3. The lowest BCUT2D eigenvalue weighted by Crippen LogP contribution is -2.08. The average molecular weight is 299 g/mol. The monoisotopic (exact) mass is 299 g/mol. The third-order valence-corrected chi connectivity index (χ3v) is 3.40. The molecule has 0 fully saturated rings. The predicted molar refractivity (Wildman–Crippen MR) is 79.0 cm³/mol. The number of carboxylic acid groups (broad SMARTS) is 1. The van der Waals surface area contributed by atoms with Gasteiger partial charge in [0.25, 0.3) is 0 Å². The number of aryl methyl sites for hydroxylation is 1. The number of carbonyl (C=O) groups is 1. The lowest BCUT2D eigenvalue weighted by molar-refractivity contribution is -0.137. The van der Waals surface area contributed by atoms with Gasteiger partial charge >= 0.3 is 5.97 Å². The van der Waals surface area contributed by atoms with E-state index in [0.717, 1.165) is 11.1 Å². The van der Waals surface area contributed by atoms with Crippen molar-refractivity contribution in [3.05, 3.63) is 59.8 Å². The molecule has 6 heteroatoms. The van der Waals surface area contributed by atoms with Crippen LogP contribution in [-0.4, -0.2) is 25.6 Å². The second-order valence-electron chi connectivity index (χ2n) is 4.98.